The molecule has 2 bridgehead atoms. The average Bonchev–Trinajstić information content (AvgIpc) is 3.57. The second-order valence-corrected chi connectivity index (χ2v) is 9.99. The number of unbranched alkanes of at least 4 members (excludes halogenated alkanes) is 1. The molecule has 1 aromatic heterocycles. The van der Waals surface area contributed by atoms with Gasteiger partial charge in [0.25, 0.3) is 0 Å². The molecule has 4 heterocycles. The summed E-state index contributed by atoms with van der Waals surface area (Å²) >= 11 is 1.35. The maximum atomic E-state index is 12.7. The number of rotatable bonds is 11. The van der Waals surface area contributed by atoms with E-state index in [1.807, 2.05) is 12.2 Å². The van der Waals surface area contributed by atoms with Gasteiger partial charge in [0, 0.05) is 24.6 Å². The monoisotopic (exact) mass is 477 g/mol. The van der Waals surface area contributed by atoms with Crippen molar-refractivity contribution in [1.29, 1.82) is 0 Å². The van der Waals surface area contributed by atoms with Crippen LogP contribution in [0.5, 0.6) is 0 Å². The largest absolute Gasteiger partial charge is 0.464 e. The third kappa shape index (κ3) is 4.75. The van der Waals surface area contributed by atoms with Gasteiger partial charge in [-0.1, -0.05) is 26.0 Å². The Bertz CT molecular complexity index is 901. The third-order valence-corrected chi connectivity index (χ3v) is 7.57. The Morgan fingerprint density at radius 2 is 1.88 bits per heavy atom. The average molecular weight is 478 g/mol. The molecule has 3 aliphatic rings. The first-order valence-electron chi connectivity index (χ1n) is 11.4. The molecule has 1 aromatic rings. The minimum Gasteiger partial charge on any atom is -0.464 e. The Kier molecular flexibility index (Phi) is 7.28. The van der Waals surface area contributed by atoms with E-state index in [2.05, 4.69) is 18.8 Å². The Morgan fingerprint density at radius 3 is 2.48 bits per heavy atom. The molecule has 2 amide bonds. The Labute approximate surface area is 197 Å². The molecule has 33 heavy (non-hydrogen) atoms. The van der Waals surface area contributed by atoms with Crippen molar-refractivity contribution in [3.05, 3.63) is 28.2 Å². The number of aromatic nitrogens is 1. The molecule has 2 fully saturated rings. The zero-order valence-corrected chi connectivity index (χ0v) is 20.0. The second kappa shape index (κ2) is 10.0. The summed E-state index contributed by atoms with van der Waals surface area (Å²) in [5.41, 5.74) is 6.53. The van der Waals surface area contributed by atoms with Gasteiger partial charge < -0.3 is 19.9 Å². The first kappa shape index (κ1) is 24.0. The van der Waals surface area contributed by atoms with Crippen LogP contribution < -0.4 is 5.73 Å². The number of carbonyl (C=O) groups excluding carboxylic acids is 3. The molecule has 0 spiro atoms. The molecular formula is C23H31N3O6S. The maximum Gasteiger partial charge on any atom is 0.357 e. The van der Waals surface area contributed by atoms with E-state index in [0.29, 0.717) is 37.4 Å². The number of nitrogens with two attached hydrogens (primary N) is 1. The Balaban J connectivity index is 1.28. The maximum absolute atomic E-state index is 12.7. The van der Waals surface area contributed by atoms with Crippen molar-refractivity contribution in [2.75, 3.05) is 20.3 Å². The number of likely N-dealkylation sites (tertiary alicyclic amines) is 1. The fraction of sp³-hybridized carbons (Fsp3) is 0.652. The van der Waals surface area contributed by atoms with E-state index in [4.69, 9.17) is 19.9 Å². The smallest absolute Gasteiger partial charge is 0.357 e. The van der Waals surface area contributed by atoms with Gasteiger partial charge in [-0.2, -0.15) is 0 Å². The molecular weight excluding hydrogens is 446 g/mol. The molecule has 0 aromatic carbocycles. The van der Waals surface area contributed by atoms with E-state index in [0.717, 1.165) is 0 Å². The highest BCUT2D eigenvalue weighted by Crippen LogP contribution is 2.45. The van der Waals surface area contributed by atoms with Crippen molar-refractivity contribution in [1.82, 2.24) is 9.88 Å². The second-order valence-electron chi connectivity index (χ2n) is 9.10. The van der Waals surface area contributed by atoms with Gasteiger partial charge in [-0.25, -0.2) is 9.78 Å². The van der Waals surface area contributed by atoms with E-state index < -0.39 is 5.97 Å². The van der Waals surface area contributed by atoms with Crippen LogP contribution in [0.25, 0.3) is 0 Å². The molecule has 9 nitrogen and oxygen atoms in total. The normalized spacial score (nSPS) is 27.5. The van der Waals surface area contributed by atoms with Crippen molar-refractivity contribution in [2.24, 2.45) is 23.5 Å². The summed E-state index contributed by atoms with van der Waals surface area (Å²) in [6, 6.07) is -0.0778. The van der Waals surface area contributed by atoms with Crippen molar-refractivity contribution in [2.45, 2.75) is 57.5 Å². The molecule has 3 aliphatic heterocycles. The zero-order chi connectivity index (χ0) is 23.7. The summed E-state index contributed by atoms with van der Waals surface area (Å²) in [6.07, 6.45) is 4.83. The van der Waals surface area contributed by atoms with Crippen LogP contribution in [0.15, 0.2) is 17.5 Å². The Hall–Kier alpha value is -2.14. The standard InChI is InChI=1S/C23H31N3O6S/c1-12(2)13(24)10-17(20-25-14(11-33-20)23(29)30-3)31-9-5-4-8-26-21(27)18-15-6-7-16(32-15)19(18)22(26)28/h6-7,11-13,15-19H,4-5,8-10,24H2,1-3H3/t13-,15?,16?,17-,18?,19?/m1/s1. The number of ether oxygens (including phenoxy) is 3. The lowest BCUT2D eigenvalue weighted by Gasteiger charge is -2.22. The topological polar surface area (TPSA) is 121 Å². The molecule has 2 saturated heterocycles. The van der Waals surface area contributed by atoms with Gasteiger partial charge in [-0.05, 0) is 25.2 Å². The molecule has 4 unspecified atom stereocenters. The summed E-state index contributed by atoms with van der Waals surface area (Å²) in [5.74, 6) is -1.18. The van der Waals surface area contributed by atoms with Crippen LogP contribution >= 0.6 is 11.3 Å². The van der Waals surface area contributed by atoms with E-state index in [9.17, 15) is 14.4 Å². The number of hydrogen-bond donors (Lipinski definition) is 1. The van der Waals surface area contributed by atoms with Gasteiger partial charge in [0.2, 0.25) is 11.8 Å². The molecule has 180 valence electrons. The molecule has 6 atom stereocenters. The van der Waals surface area contributed by atoms with Crippen LogP contribution in [0.3, 0.4) is 0 Å². The van der Waals surface area contributed by atoms with E-state index in [-0.39, 0.29) is 59.6 Å². The van der Waals surface area contributed by atoms with Gasteiger partial charge >= 0.3 is 5.97 Å². The van der Waals surface area contributed by atoms with Crippen LogP contribution in [0.4, 0.5) is 0 Å². The number of fused-ring (bicyclic) bond motifs is 5. The highest BCUT2D eigenvalue weighted by Gasteiger charge is 2.60. The van der Waals surface area contributed by atoms with E-state index >= 15 is 0 Å². The molecule has 4 rings (SSSR count). The summed E-state index contributed by atoms with van der Waals surface area (Å²) < 4.78 is 16.5. The first-order valence-corrected chi connectivity index (χ1v) is 12.3. The molecule has 2 N–H and O–H groups in total. The van der Waals surface area contributed by atoms with Crippen molar-refractivity contribution < 1.29 is 28.6 Å². The highest BCUT2D eigenvalue weighted by atomic mass is 32.1. The summed E-state index contributed by atoms with van der Waals surface area (Å²) in [6.45, 7) is 4.92. The number of nitrogens with zero attached hydrogens (tertiary/aromatic N) is 2. The molecule has 0 saturated carbocycles. The lowest BCUT2D eigenvalue weighted by Crippen LogP contribution is -2.35. The van der Waals surface area contributed by atoms with Crippen molar-refractivity contribution in [3.63, 3.8) is 0 Å². The summed E-state index contributed by atoms with van der Waals surface area (Å²) in [7, 11) is 1.32. The molecule has 0 radical (unpaired) electrons. The predicted octanol–water partition coefficient (Wildman–Crippen LogP) is 2.08. The quantitative estimate of drug-likeness (QED) is 0.223. The van der Waals surface area contributed by atoms with Gasteiger partial charge in [0.15, 0.2) is 5.69 Å². The number of esters is 1. The van der Waals surface area contributed by atoms with Crippen LogP contribution in [0.1, 0.15) is 54.7 Å². The summed E-state index contributed by atoms with van der Waals surface area (Å²) in [5, 5.41) is 2.35. The fourth-order valence-corrected chi connectivity index (χ4v) is 5.43. The fourth-order valence-electron chi connectivity index (χ4n) is 4.58. The number of methoxy groups -OCH3 is 1. The van der Waals surface area contributed by atoms with Crippen molar-refractivity contribution in [3.8, 4) is 0 Å². The van der Waals surface area contributed by atoms with Crippen LogP contribution in [-0.2, 0) is 23.8 Å². The third-order valence-electron chi connectivity index (χ3n) is 6.63. The first-order chi connectivity index (χ1) is 15.8. The summed E-state index contributed by atoms with van der Waals surface area (Å²) in [4.78, 5) is 43.0. The van der Waals surface area contributed by atoms with E-state index in [1.54, 1.807) is 5.38 Å². The molecule has 0 aliphatic carbocycles. The van der Waals surface area contributed by atoms with Crippen LogP contribution in [-0.4, -0.2) is 66.2 Å². The van der Waals surface area contributed by atoms with Gasteiger partial charge in [0.05, 0.1) is 31.2 Å². The van der Waals surface area contributed by atoms with Gasteiger partial charge in [-0.3, -0.25) is 14.5 Å². The lowest BCUT2D eigenvalue weighted by molar-refractivity contribution is -0.142. The van der Waals surface area contributed by atoms with Gasteiger partial charge in [0.1, 0.15) is 11.1 Å². The minimum atomic E-state index is -0.483. The lowest BCUT2D eigenvalue weighted by atomic mass is 9.85. The van der Waals surface area contributed by atoms with Crippen LogP contribution in [0, 0.1) is 17.8 Å². The number of imide groups is 1. The Morgan fingerprint density at radius 1 is 1.21 bits per heavy atom. The minimum absolute atomic E-state index is 0.0778. The SMILES string of the molecule is COC(=O)c1csc([C@@H](C[C@@H](N)C(C)C)OCCCCN2C(=O)C3C4C=CC(O4)C3C2=O)n1. The zero-order valence-electron chi connectivity index (χ0n) is 19.1. The van der Waals surface area contributed by atoms with Gasteiger partial charge in [-0.15, -0.1) is 11.3 Å². The van der Waals surface area contributed by atoms with Crippen molar-refractivity contribution >= 4 is 29.1 Å². The van der Waals surface area contributed by atoms with E-state index in [1.165, 1.54) is 23.3 Å². The number of thiazole rings is 1. The predicted molar refractivity (Wildman–Crippen MR) is 120 cm³/mol. The number of amides is 2. The van der Waals surface area contributed by atoms with Crippen LogP contribution in [0.2, 0.25) is 0 Å². The number of carbonyl (C=O) groups is 3. The number of hydrogen-bond acceptors (Lipinski definition) is 9. The highest BCUT2D eigenvalue weighted by molar-refractivity contribution is 7.09. The molecule has 10 heteroatoms.